The molecule has 2 unspecified atom stereocenters. The van der Waals surface area contributed by atoms with Crippen molar-refractivity contribution in [2.45, 2.75) is 24.3 Å². The standard InChI is InChI=1S/C9H16BrNO3/c1-2-8(10)9(12)11-5-7-6-13-3-4-14-7/h7-8H,2-6H2,1H3,(H,11,12). The van der Waals surface area contributed by atoms with Crippen LogP contribution in [0.3, 0.4) is 0 Å². The van der Waals surface area contributed by atoms with Crippen LogP contribution < -0.4 is 5.32 Å². The van der Waals surface area contributed by atoms with E-state index in [0.717, 1.165) is 6.42 Å². The SMILES string of the molecule is CCC(Br)C(=O)NCC1COCCO1. The maximum Gasteiger partial charge on any atom is 0.233 e. The van der Waals surface area contributed by atoms with Crippen molar-refractivity contribution in [1.29, 1.82) is 0 Å². The highest BCUT2D eigenvalue weighted by Crippen LogP contribution is 2.04. The molecule has 82 valence electrons. The molecule has 1 N–H and O–H groups in total. The third-order valence-corrected chi connectivity index (χ3v) is 3.10. The van der Waals surface area contributed by atoms with E-state index in [1.807, 2.05) is 6.92 Å². The average molecular weight is 266 g/mol. The molecule has 0 aromatic heterocycles. The van der Waals surface area contributed by atoms with Crippen LogP contribution in [0.5, 0.6) is 0 Å². The van der Waals surface area contributed by atoms with Crippen LogP contribution >= 0.6 is 15.9 Å². The molecular weight excluding hydrogens is 250 g/mol. The monoisotopic (exact) mass is 265 g/mol. The average Bonchev–Trinajstić information content (AvgIpc) is 2.26. The minimum absolute atomic E-state index is 0.00394. The van der Waals surface area contributed by atoms with E-state index in [9.17, 15) is 4.79 Å². The predicted molar refractivity (Wildman–Crippen MR) is 56.6 cm³/mol. The Morgan fingerprint density at radius 1 is 1.64 bits per heavy atom. The molecule has 1 aliphatic heterocycles. The van der Waals surface area contributed by atoms with Gasteiger partial charge in [0.1, 0.15) is 0 Å². The number of halogens is 1. The zero-order chi connectivity index (χ0) is 10.4. The molecule has 1 rings (SSSR count). The van der Waals surface area contributed by atoms with Crippen LogP contribution in [0.25, 0.3) is 0 Å². The van der Waals surface area contributed by atoms with Gasteiger partial charge in [0, 0.05) is 6.54 Å². The Morgan fingerprint density at radius 3 is 3.00 bits per heavy atom. The van der Waals surface area contributed by atoms with Crippen molar-refractivity contribution in [1.82, 2.24) is 5.32 Å². The van der Waals surface area contributed by atoms with Gasteiger partial charge in [0.2, 0.25) is 5.91 Å². The number of ether oxygens (including phenoxy) is 2. The molecule has 1 amide bonds. The first-order valence-electron chi connectivity index (χ1n) is 4.85. The zero-order valence-corrected chi connectivity index (χ0v) is 9.88. The van der Waals surface area contributed by atoms with Gasteiger partial charge >= 0.3 is 0 Å². The summed E-state index contributed by atoms with van der Waals surface area (Å²) < 4.78 is 10.6. The predicted octanol–water partition coefficient (Wildman–Crippen LogP) is 0.692. The van der Waals surface area contributed by atoms with Gasteiger partial charge < -0.3 is 14.8 Å². The van der Waals surface area contributed by atoms with E-state index < -0.39 is 0 Å². The Balaban J connectivity index is 2.15. The molecule has 4 nitrogen and oxygen atoms in total. The van der Waals surface area contributed by atoms with Crippen LogP contribution in [0.4, 0.5) is 0 Å². The maximum absolute atomic E-state index is 11.4. The first-order chi connectivity index (χ1) is 6.74. The lowest BCUT2D eigenvalue weighted by atomic mass is 10.3. The molecule has 1 fully saturated rings. The van der Waals surface area contributed by atoms with Crippen LogP contribution in [0, 0.1) is 0 Å². The van der Waals surface area contributed by atoms with Crippen LogP contribution in [-0.2, 0) is 14.3 Å². The molecular formula is C9H16BrNO3. The van der Waals surface area contributed by atoms with Crippen molar-refractivity contribution in [3.8, 4) is 0 Å². The Labute approximate surface area is 92.5 Å². The summed E-state index contributed by atoms with van der Waals surface area (Å²) in [4.78, 5) is 11.3. The maximum atomic E-state index is 11.4. The second-order valence-electron chi connectivity index (χ2n) is 3.19. The smallest absolute Gasteiger partial charge is 0.233 e. The van der Waals surface area contributed by atoms with Crippen molar-refractivity contribution in [2.24, 2.45) is 0 Å². The van der Waals surface area contributed by atoms with E-state index in [0.29, 0.717) is 26.4 Å². The molecule has 14 heavy (non-hydrogen) atoms. The molecule has 0 spiro atoms. The van der Waals surface area contributed by atoms with Gasteiger partial charge in [0.25, 0.3) is 0 Å². The van der Waals surface area contributed by atoms with E-state index in [2.05, 4.69) is 21.2 Å². The van der Waals surface area contributed by atoms with E-state index in [-0.39, 0.29) is 16.8 Å². The summed E-state index contributed by atoms with van der Waals surface area (Å²) in [7, 11) is 0. The summed E-state index contributed by atoms with van der Waals surface area (Å²) in [6.07, 6.45) is 0.790. The van der Waals surface area contributed by atoms with Crippen LogP contribution in [0.1, 0.15) is 13.3 Å². The number of rotatable bonds is 4. The third-order valence-electron chi connectivity index (χ3n) is 2.03. The van der Waals surface area contributed by atoms with Gasteiger partial charge in [-0.3, -0.25) is 4.79 Å². The van der Waals surface area contributed by atoms with Gasteiger partial charge in [-0.2, -0.15) is 0 Å². The summed E-state index contributed by atoms with van der Waals surface area (Å²) in [5.74, 6) is 0.0154. The van der Waals surface area contributed by atoms with Crippen LogP contribution in [0.15, 0.2) is 0 Å². The topological polar surface area (TPSA) is 47.6 Å². The van der Waals surface area contributed by atoms with Gasteiger partial charge in [-0.25, -0.2) is 0 Å². The summed E-state index contributed by atoms with van der Waals surface area (Å²) in [6, 6.07) is 0. The fourth-order valence-electron chi connectivity index (χ4n) is 1.17. The lowest BCUT2D eigenvalue weighted by Gasteiger charge is -2.23. The molecule has 1 saturated heterocycles. The van der Waals surface area contributed by atoms with E-state index in [1.54, 1.807) is 0 Å². The highest BCUT2D eigenvalue weighted by Gasteiger charge is 2.17. The van der Waals surface area contributed by atoms with Gasteiger partial charge in [-0.1, -0.05) is 22.9 Å². The van der Waals surface area contributed by atoms with Gasteiger partial charge in [-0.05, 0) is 6.42 Å². The summed E-state index contributed by atoms with van der Waals surface area (Å²) in [5.41, 5.74) is 0. The molecule has 0 aliphatic carbocycles. The number of carbonyl (C=O) groups is 1. The molecule has 0 saturated carbocycles. The molecule has 0 aromatic carbocycles. The molecule has 0 bridgehead atoms. The minimum Gasteiger partial charge on any atom is -0.376 e. The van der Waals surface area contributed by atoms with E-state index >= 15 is 0 Å². The van der Waals surface area contributed by atoms with Crippen molar-refractivity contribution in [2.75, 3.05) is 26.4 Å². The summed E-state index contributed by atoms with van der Waals surface area (Å²) in [6.45, 7) is 4.33. The second-order valence-corrected chi connectivity index (χ2v) is 4.29. The molecule has 1 aliphatic rings. The fourth-order valence-corrected chi connectivity index (χ4v) is 1.33. The normalized spacial score (nSPS) is 24.3. The Bertz CT molecular complexity index is 183. The van der Waals surface area contributed by atoms with Crippen molar-refractivity contribution in [3.05, 3.63) is 0 Å². The molecule has 1 heterocycles. The second kappa shape index (κ2) is 6.37. The van der Waals surface area contributed by atoms with Gasteiger partial charge in [-0.15, -0.1) is 0 Å². The lowest BCUT2D eigenvalue weighted by Crippen LogP contribution is -2.41. The zero-order valence-electron chi connectivity index (χ0n) is 8.29. The number of hydrogen-bond donors (Lipinski definition) is 1. The Morgan fingerprint density at radius 2 is 2.43 bits per heavy atom. The number of amides is 1. The summed E-state index contributed by atoms with van der Waals surface area (Å²) >= 11 is 3.28. The largest absolute Gasteiger partial charge is 0.376 e. The number of carbonyl (C=O) groups excluding carboxylic acids is 1. The van der Waals surface area contributed by atoms with Gasteiger partial charge in [0.05, 0.1) is 30.8 Å². The quantitative estimate of drug-likeness (QED) is 0.762. The minimum atomic E-state index is -0.105. The summed E-state index contributed by atoms with van der Waals surface area (Å²) in [5, 5.41) is 2.81. The van der Waals surface area contributed by atoms with Crippen LogP contribution in [0.2, 0.25) is 0 Å². The Hall–Kier alpha value is -0.130. The Kier molecular flexibility index (Phi) is 5.44. The van der Waals surface area contributed by atoms with Crippen molar-refractivity contribution in [3.63, 3.8) is 0 Å². The molecule has 5 heteroatoms. The molecule has 0 radical (unpaired) electrons. The lowest BCUT2D eigenvalue weighted by molar-refractivity contribution is -0.123. The van der Waals surface area contributed by atoms with Crippen molar-refractivity contribution >= 4 is 21.8 Å². The fraction of sp³-hybridized carbons (Fsp3) is 0.889. The highest BCUT2D eigenvalue weighted by molar-refractivity contribution is 9.10. The van der Waals surface area contributed by atoms with Gasteiger partial charge in [0.15, 0.2) is 0 Å². The first-order valence-corrected chi connectivity index (χ1v) is 5.76. The molecule has 0 aromatic rings. The van der Waals surface area contributed by atoms with E-state index in [1.165, 1.54) is 0 Å². The number of hydrogen-bond acceptors (Lipinski definition) is 3. The molecule has 2 atom stereocenters. The third kappa shape index (κ3) is 3.94. The van der Waals surface area contributed by atoms with Crippen molar-refractivity contribution < 1.29 is 14.3 Å². The van der Waals surface area contributed by atoms with Crippen LogP contribution in [-0.4, -0.2) is 43.2 Å². The van der Waals surface area contributed by atoms with E-state index in [4.69, 9.17) is 9.47 Å². The number of nitrogens with one attached hydrogen (secondary N) is 1. The first kappa shape index (κ1) is 11.9. The highest BCUT2D eigenvalue weighted by atomic mass is 79.9. The number of alkyl halides is 1.